The van der Waals surface area contributed by atoms with Crippen LogP contribution in [0.1, 0.15) is 25.3 Å². The number of hydrogen-bond acceptors (Lipinski definition) is 4. The number of aryl methyl sites for hydroxylation is 1. The molecule has 1 aromatic rings. The summed E-state index contributed by atoms with van der Waals surface area (Å²) in [5.74, 6) is -0.336. The number of benzene rings is 1. The van der Waals surface area contributed by atoms with E-state index in [0.29, 0.717) is 12.8 Å². The van der Waals surface area contributed by atoms with Gasteiger partial charge in [-0.1, -0.05) is 30.3 Å². The van der Waals surface area contributed by atoms with Crippen molar-refractivity contribution in [3.8, 4) is 0 Å². The molecule has 2 N–H and O–H groups in total. The van der Waals surface area contributed by atoms with Gasteiger partial charge in [0.2, 0.25) is 0 Å². The Labute approximate surface area is 107 Å². The van der Waals surface area contributed by atoms with Crippen molar-refractivity contribution in [2.75, 3.05) is 13.2 Å². The number of carbonyl (C=O) groups is 1. The summed E-state index contributed by atoms with van der Waals surface area (Å²) in [4.78, 5) is 11.5. The normalized spacial score (nSPS) is 13.9. The van der Waals surface area contributed by atoms with Crippen LogP contribution in [0.5, 0.6) is 0 Å². The number of aliphatic hydroxyl groups is 2. The molecular formula is C14H20O4. The Hall–Kier alpha value is -1.39. The highest BCUT2D eigenvalue weighted by molar-refractivity contribution is 5.69. The lowest BCUT2D eigenvalue weighted by Crippen LogP contribution is -2.33. The first-order valence-electron chi connectivity index (χ1n) is 6.06. The fourth-order valence-electron chi connectivity index (χ4n) is 1.51. The third kappa shape index (κ3) is 5.80. The van der Waals surface area contributed by atoms with Gasteiger partial charge in [0.1, 0.15) is 6.61 Å². The molecule has 4 heteroatoms. The van der Waals surface area contributed by atoms with E-state index < -0.39 is 5.60 Å². The van der Waals surface area contributed by atoms with Gasteiger partial charge in [-0.3, -0.25) is 4.79 Å². The highest BCUT2D eigenvalue weighted by Crippen LogP contribution is 2.10. The molecule has 1 unspecified atom stereocenters. The minimum atomic E-state index is -1.16. The first-order chi connectivity index (χ1) is 8.53. The second-order valence-corrected chi connectivity index (χ2v) is 4.62. The van der Waals surface area contributed by atoms with Crippen molar-refractivity contribution < 1.29 is 19.7 Å². The predicted molar refractivity (Wildman–Crippen MR) is 68.0 cm³/mol. The Bertz CT molecular complexity index is 359. The van der Waals surface area contributed by atoms with Gasteiger partial charge in [-0.2, -0.15) is 0 Å². The van der Waals surface area contributed by atoms with Gasteiger partial charge >= 0.3 is 5.97 Å². The first-order valence-corrected chi connectivity index (χ1v) is 6.06. The van der Waals surface area contributed by atoms with Gasteiger partial charge in [0.25, 0.3) is 0 Å². The molecule has 0 heterocycles. The van der Waals surface area contributed by atoms with E-state index in [1.165, 1.54) is 6.92 Å². The molecule has 0 spiro atoms. The summed E-state index contributed by atoms with van der Waals surface area (Å²) in [6, 6.07) is 9.68. The van der Waals surface area contributed by atoms with Gasteiger partial charge in [-0.15, -0.1) is 0 Å². The van der Waals surface area contributed by atoms with Gasteiger partial charge < -0.3 is 14.9 Å². The maximum Gasteiger partial charge on any atom is 0.306 e. The molecule has 1 atom stereocenters. The lowest BCUT2D eigenvalue weighted by Gasteiger charge is -2.21. The van der Waals surface area contributed by atoms with E-state index in [1.54, 1.807) is 0 Å². The molecule has 0 aliphatic rings. The van der Waals surface area contributed by atoms with Crippen LogP contribution >= 0.6 is 0 Å². The standard InChI is InChI=1S/C14H20O4/c1-14(17,9-10-15)11-18-13(16)8-7-12-5-3-2-4-6-12/h2-6,15,17H,7-11H2,1H3. The first kappa shape index (κ1) is 14.7. The largest absolute Gasteiger partial charge is 0.463 e. The maximum absolute atomic E-state index is 11.5. The second kappa shape index (κ2) is 7.13. The van der Waals surface area contributed by atoms with Crippen LogP contribution in [0.25, 0.3) is 0 Å². The lowest BCUT2D eigenvalue weighted by molar-refractivity contribution is -0.151. The van der Waals surface area contributed by atoms with Crippen LogP contribution in [0.3, 0.4) is 0 Å². The van der Waals surface area contributed by atoms with Gasteiger partial charge in [-0.25, -0.2) is 0 Å². The summed E-state index contributed by atoms with van der Waals surface area (Å²) < 4.78 is 4.98. The highest BCUT2D eigenvalue weighted by Gasteiger charge is 2.21. The molecule has 0 aromatic heterocycles. The summed E-state index contributed by atoms with van der Waals surface area (Å²) in [5.41, 5.74) is -0.0754. The van der Waals surface area contributed by atoms with Crippen molar-refractivity contribution >= 4 is 5.97 Å². The van der Waals surface area contributed by atoms with Crippen molar-refractivity contribution in [1.82, 2.24) is 0 Å². The van der Waals surface area contributed by atoms with Gasteiger partial charge in [0.05, 0.1) is 5.60 Å². The molecule has 0 radical (unpaired) electrons. The summed E-state index contributed by atoms with van der Waals surface area (Å²) in [6.07, 6.45) is 1.11. The molecule has 0 aliphatic carbocycles. The molecule has 100 valence electrons. The molecule has 1 aromatic carbocycles. The van der Waals surface area contributed by atoms with E-state index in [2.05, 4.69) is 0 Å². The monoisotopic (exact) mass is 252 g/mol. The molecular weight excluding hydrogens is 232 g/mol. The Morgan fingerprint density at radius 3 is 2.61 bits per heavy atom. The molecule has 4 nitrogen and oxygen atoms in total. The molecule has 1 rings (SSSR count). The van der Waals surface area contributed by atoms with Crippen molar-refractivity contribution in [2.24, 2.45) is 0 Å². The van der Waals surface area contributed by atoms with Crippen LogP contribution in [-0.2, 0) is 16.0 Å². The third-order valence-corrected chi connectivity index (χ3v) is 2.66. The van der Waals surface area contributed by atoms with Crippen LogP contribution in [0.15, 0.2) is 30.3 Å². The quantitative estimate of drug-likeness (QED) is 0.718. The number of carbonyl (C=O) groups excluding carboxylic acids is 1. The average Bonchev–Trinajstić information content (AvgIpc) is 2.35. The van der Waals surface area contributed by atoms with E-state index in [1.807, 2.05) is 30.3 Å². The number of hydrogen-bond donors (Lipinski definition) is 2. The summed E-state index contributed by atoms with van der Waals surface area (Å²) in [6.45, 7) is 1.32. The van der Waals surface area contributed by atoms with Crippen LogP contribution in [0.4, 0.5) is 0 Å². The molecule has 0 amide bonds. The fraction of sp³-hybridized carbons (Fsp3) is 0.500. The summed E-state index contributed by atoms with van der Waals surface area (Å²) >= 11 is 0. The Morgan fingerprint density at radius 2 is 2.00 bits per heavy atom. The highest BCUT2D eigenvalue weighted by atomic mass is 16.5. The van der Waals surface area contributed by atoms with E-state index in [-0.39, 0.29) is 25.6 Å². The predicted octanol–water partition coefficient (Wildman–Crippen LogP) is 1.30. The number of aliphatic hydroxyl groups excluding tert-OH is 1. The van der Waals surface area contributed by atoms with E-state index in [9.17, 15) is 9.90 Å². The third-order valence-electron chi connectivity index (χ3n) is 2.66. The van der Waals surface area contributed by atoms with Crippen molar-refractivity contribution in [3.63, 3.8) is 0 Å². The molecule has 0 aliphatic heterocycles. The van der Waals surface area contributed by atoms with Crippen molar-refractivity contribution in [2.45, 2.75) is 31.8 Å². The zero-order chi connectivity index (χ0) is 13.4. The van der Waals surface area contributed by atoms with Crippen molar-refractivity contribution in [3.05, 3.63) is 35.9 Å². The van der Waals surface area contributed by atoms with Gasteiger partial charge in [-0.05, 0) is 18.9 Å². The van der Waals surface area contributed by atoms with Gasteiger partial charge in [0, 0.05) is 19.4 Å². The second-order valence-electron chi connectivity index (χ2n) is 4.62. The van der Waals surface area contributed by atoms with Crippen LogP contribution in [0, 0.1) is 0 Å². The maximum atomic E-state index is 11.5. The molecule has 0 bridgehead atoms. The number of ether oxygens (including phenoxy) is 1. The number of rotatable bonds is 7. The summed E-state index contributed by atoms with van der Waals surface area (Å²) in [5, 5.41) is 18.4. The van der Waals surface area contributed by atoms with Crippen LogP contribution < -0.4 is 0 Å². The van der Waals surface area contributed by atoms with E-state index in [4.69, 9.17) is 9.84 Å². The van der Waals surface area contributed by atoms with Gasteiger partial charge in [0.15, 0.2) is 0 Å². The lowest BCUT2D eigenvalue weighted by atomic mass is 10.1. The van der Waals surface area contributed by atoms with E-state index >= 15 is 0 Å². The van der Waals surface area contributed by atoms with Crippen molar-refractivity contribution in [1.29, 1.82) is 0 Å². The summed E-state index contributed by atoms with van der Waals surface area (Å²) in [7, 11) is 0. The fourth-order valence-corrected chi connectivity index (χ4v) is 1.51. The zero-order valence-electron chi connectivity index (χ0n) is 10.6. The molecule has 0 saturated carbocycles. The SMILES string of the molecule is CC(O)(CCO)COC(=O)CCc1ccccc1. The average molecular weight is 252 g/mol. The van der Waals surface area contributed by atoms with E-state index in [0.717, 1.165) is 5.56 Å². The molecule has 18 heavy (non-hydrogen) atoms. The Balaban J connectivity index is 2.26. The minimum Gasteiger partial charge on any atom is -0.463 e. The van der Waals surface area contributed by atoms with Crippen LogP contribution in [0.2, 0.25) is 0 Å². The van der Waals surface area contributed by atoms with Crippen LogP contribution in [-0.4, -0.2) is 35.0 Å². The molecule has 0 fully saturated rings. The zero-order valence-corrected chi connectivity index (χ0v) is 10.6. The molecule has 0 saturated heterocycles. The smallest absolute Gasteiger partial charge is 0.306 e. The topological polar surface area (TPSA) is 66.8 Å². The number of esters is 1. The Kier molecular flexibility index (Phi) is 5.82. The Morgan fingerprint density at radius 1 is 1.33 bits per heavy atom. The minimum absolute atomic E-state index is 0.0822.